The minimum Gasteiger partial charge on any atom is -0.406 e. The molecule has 0 bridgehead atoms. The lowest BCUT2D eigenvalue weighted by molar-refractivity contribution is -0.275. The van der Waals surface area contributed by atoms with Crippen molar-refractivity contribution in [2.45, 2.75) is 38.1 Å². The molecule has 6 nitrogen and oxygen atoms in total. The summed E-state index contributed by atoms with van der Waals surface area (Å²) in [7, 11) is -4.12. The Morgan fingerprint density at radius 2 is 0.891 bits per heavy atom. The molecule has 0 atom stereocenters. The number of alkyl halides is 6. The first-order valence-corrected chi connectivity index (χ1v) is 18.1. The van der Waals surface area contributed by atoms with Crippen molar-refractivity contribution in [3.63, 3.8) is 0 Å². The average Bonchev–Trinajstić information content (AvgIpc) is 3.10. The zero-order chi connectivity index (χ0) is 39.7. The molecule has 2 heterocycles. The summed E-state index contributed by atoms with van der Waals surface area (Å²) >= 11 is 0. The normalized spacial score (nSPS) is 12.1. The van der Waals surface area contributed by atoms with Crippen LogP contribution in [-0.4, -0.2) is 31.1 Å². The van der Waals surface area contributed by atoms with E-state index in [9.17, 15) is 34.8 Å². The van der Waals surface area contributed by atoms with Gasteiger partial charge in [0.25, 0.3) is 0 Å². The Morgan fingerprint density at radius 1 is 0.527 bits per heavy atom. The fourth-order valence-corrected chi connectivity index (χ4v) is 7.57. The maximum absolute atomic E-state index is 15.5. The molecule has 4 aromatic carbocycles. The van der Waals surface area contributed by atoms with E-state index < -0.39 is 45.7 Å². The van der Waals surface area contributed by atoms with Crippen molar-refractivity contribution in [3.8, 4) is 56.0 Å². The number of halogens is 8. The predicted octanol–water partition coefficient (Wildman–Crippen LogP) is 11.0. The van der Waals surface area contributed by atoms with Gasteiger partial charge >= 0.3 is 12.7 Å². The summed E-state index contributed by atoms with van der Waals surface area (Å²) in [5, 5.41) is 0. The van der Waals surface area contributed by atoms with Crippen molar-refractivity contribution in [1.29, 1.82) is 0 Å². The SMILES string of the molecule is Cc1cc(-c2ccncc2-c2ccc(CS(=O)(=O)Cc3ccc(-c4cnccc4-c4ccc(OC(F)(F)F)c(C)c4)cc3F)c(F)c2)ccc1OC(F)(F)F. The van der Waals surface area contributed by atoms with Crippen LogP contribution in [0.4, 0.5) is 35.1 Å². The topological polar surface area (TPSA) is 78.4 Å². The molecule has 0 N–H and O–H groups in total. The van der Waals surface area contributed by atoms with Gasteiger partial charge < -0.3 is 9.47 Å². The third kappa shape index (κ3) is 9.46. The molecule has 55 heavy (non-hydrogen) atoms. The summed E-state index contributed by atoms with van der Waals surface area (Å²) in [5.74, 6) is -3.95. The third-order valence-electron chi connectivity index (χ3n) is 8.54. The van der Waals surface area contributed by atoms with Gasteiger partial charge in [-0.1, -0.05) is 36.4 Å². The first-order chi connectivity index (χ1) is 25.9. The van der Waals surface area contributed by atoms with Crippen LogP contribution in [0.3, 0.4) is 0 Å². The highest BCUT2D eigenvalue weighted by atomic mass is 32.2. The molecular weight excluding hydrogens is 757 g/mol. The fourth-order valence-electron chi connectivity index (χ4n) is 6.05. The number of hydrogen-bond donors (Lipinski definition) is 0. The van der Waals surface area contributed by atoms with Gasteiger partial charge in [0.1, 0.15) is 23.1 Å². The molecule has 0 amide bonds. The molecule has 0 fully saturated rings. The number of aromatic nitrogens is 2. The molecule has 0 radical (unpaired) electrons. The van der Waals surface area contributed by atoms with E-state index in [1.165, 1.54) is 99.3 Å². The molecule has 0 saturated heterocycles. The van der Waals surface area contributed by atoms with Crippen LogP contribution in [0.5, 0.6) is 11.5 Å². The lowest BCUT2D eigenvalue weighted by Crippen LogP contribution is -2.17. The highest BCUT2D eigenvalue weighted by Gasteiger charge is 2.32. The van der Waals surface area contributed by atoms with E-state index in [-0.39, 0.29) is 33.8 Å². The predicted molar refractivity (Wildman–Crippen MR) is 189 cm³/mol. The molecule has 284 valence electrons. The Balaban J connectivity index is 1.20. The van der Waals surface area contributed by atoms with Crippen LogP contribution in [0, 0.1) is 25.5 Å². The maximum atomic E-state index is 15.5. The molecule has 0 aliphatic rings. The van der Waals surface area contributed by atoms with Crippen LogP contribution < -0.4 is 9.47 Å². The Morgan fingerprint density at radius 3 is 1.24 bits per heavy atom. The molecule has 0 unspecified atom stereocenters. The van der Waals surface area contributed by atoms with Gasteiger partial charge in [-0.25, -0.2) is 17.2 Å². The van der Waals surface area contributed by atoms with Gasteiger partial charge in [0.05, 0.1) is 11.5 Å². The summed E-state index contributed by atoms with van der Waals surface area (Å²) in [4.78, 5) is 8.19. The Bertz CT molecular complexity index is 2340. The largest absolute Gasteiger partial charge is 0.573 e. The van der Waals surface area contributed by atoms with Crippen LogP contribution in [0.15, 0.2) is 110 Å². The minimum absolute atomic E-state index is 0.169. The maximum Gasteiger partial charge on any atom is 0.573 e. The van der Waals surface area contributed by atoms with Crippen molar-refractivity contribution in [2.24, 2.45) is 0 Å². The smallest absolute Gasteiger partial charge is 0.406 e. The second-order valence-electron chi connectivity index (χ2n) is 12.5. The molecule has 2 aromatic heterocycles. The molecule has 15 heteroatoms. The van der Waals surface area contributed by atoms with Crippen LogP contribution in [0.25, 0.3) is 44.5 Å². The monoisotopic (exact) mass is 784 g/mol. The zero-order valence-corrected chi connectivity index (χ0v) is 29.6. The number of pyridine rings is 2. The average molecular weight is 785 g/mol. The molecule has 0 aliphatic heterocycles. The molecule has 0 spiro atoms. The van der Waals surface area contributed by atoms with Gasteiger partial charge in [0.15, 0.2) is 9.84 Å². The van der Waals surface area contributed by atoms with Crippen molar-refractivity contribution < 1.29 is 53.0 Å². The standard InChI is InChI=1S/C40H28F8N2O4S/c1-23-15-25(7-9-37(23)53-39(43,44)45)31-11-13-49-19-33(31)27-3-5-29(35(41)17-27)21-55(51,52)22-30-6-4-28(18-36(30)42)34-20-50-14-12-32(34)26-8-10-38(24(2)16-26)54-40(46,47)48/h3-20H,21-22H2,1-2H3. The summed E-state index contributed by atoms with van der Waals surface area (Å²) in [6, 6.07) is 19.2. The number of aryl methyl sites for hydroxylation is 2. The number of nitrogens with zero attached hydrogens (tertiary/aromatic N) is 2. The fraction of sp³-hybridized carbons (Fsp3) is 0.150. The molecule has 0 saturated carbocycles. The second kappa shape index (κ2) is 15.1. The first-order valence-electron chi connectivity index (χ1n) is 16.3. The van der Waals surface area contributed by atoms with Crippen LogP contribution in [-0.2, 0) is 21.3 Å². The quantitative estimate of drug-likeness (QED) is 0.129. The molecule has 6 rings (SSSR count). The van der Waals surface area contributed by atoms with Crippen LogP contribution in [0.1, 0.15) is 22.3 Å². The first kappa shape index (κ1) is 38.9. The zero-order valence-electron chi connectivity index (χ0n) is 28.8. The van der Waals surface area contributed by atoms with Crippen molar-refractivity contribution in [2.75, 3.05) is 0 Å². The van der Waals surface area contributed by atoms with Gasteiger partial charge in [-0.05, 0) is 107 Å². The number of sulfone groups is 1. The Labute approximate surface area is 310 Å². The molecular formula is C40H28F8N2O4S. The van der Waals surface area contributed by atoms with Gasteiger partial charge in [-0.3, -0.25) is 9.97 Å². The number of hydrogen-bond acceptors (Lipinski definition) is 6. The van der Waals surface area contributed by atoms with E-state index in [1.54, 1.807) is 12.1 Å². The van der Waals surface area contributed by atoms with Crippen LogP contribution in [0.2, 0.25) is 0 Å². The van der Waals surface area contributed by atoms with E-state index in [1.807, 2.05) is 0 Å². The second-order valence-corrected chi connectivity index (χ2v) is 14.6. The Kier molecular flexibility index (Phi) is 10.7. The van der Waals surface area contributed by atoms with Crippen molar-refractivity contribution >= 4 is 9.84 Å². The summed E-state index contributed by atoms with van der Waals surface area (Å²) < 4.78 is 142. The highest BCUT2D eigenvalue weighted by Crippen LogP contribution is 2.38. The molecule has 6 aromatic rings. The van der Waals surface area contributed by atoms with Crippen molar-refractivity contribution in [1.82, 2.24) is 9.97 Å². The van der Waals surface area contributed by atoms with E-state index in [0.717, 1.165) is 12.1 Å². The van der Waals surface area contributed by atoms with E-state index >= 15 is 8.78 Å². The highest BCUT2D eigenvalue weighted by molar-refractivity contribution is 7.89. The van der Waals surface area contributed by atoms with Gasteiger partial charge in [0.2, 0.25) is 0 Å². The lowest BCUT2D eigenvalue weighted by Gasteiger charge is -2.15. The van der Waals surface area contributed by atoms with Crippen molar-refractivity contribution in [3.05, 3.63) is 144 Å². The molecule has 0 aliphatic carbocycles. The van der Waals surface area contributed by atoms with Gasteiger partial charge in [-0.15, -0.1) is 26.3 Å². The Hall–Kier alpha value is -5.83. The summed E-state index contributed by atoms with van der Waals surface area (Å²) in [6.45, 7) is 2.90. The third-order valence-corrected chi connectivity index (χ3v) is 10.0. The summed E-state index contributed by atoms with van der Waals surface area (Å²) in [5.41, 5.74) is 3.66. The van der Waals surface area contributed by atoms with Gasteiger partial charge in [0, 0.05) is 47.0 Å². The van der Waals surface area contributed by atoms with E-state index in [2.05, 4.69) is 19.4 Å². The van der Waals surface area contributed by atoms with Crippen LogP contribution >= 0.6 is 0 Å². The number of benzene rings is 4. The lowest BCUT2D eigenvalue weighted by atomic mass is 9.95. The number of ether oxygens (including phenoxy) is 2. The van der Waals surface area contributed by atoms with E-state index in [0.29, 0.717) is 44.5 Å². The number of rotatable bonds is 10. The van der Waals surface area contributed by atoms with Gasteiger partial charge in [-0.2, -0.15) is 0 Å². The minimum atomic E-state index is -4.87. The summed E-state index contributed by atoms with van der Waals surface area (Å²) in [6.07, 6.45) is -3.92. The van der Waals surface area contributed by atoms with E-state index in [4.69, 9.17) is 0 Å².